The maximum absolute atomic E-state index is 12.7. The number of halogens is 3. The van der Waals surface area contributed by atoms with Crippen LogP contribution in [-0.2, 0) is 6.18 Å². The van der Waals surface area contributed by atoms with Crippen molar-refractivity contribution in [1.82, 2.24) is 24.8 Å². The first-order chi connectivity index (χ1) is 14.1. The van der Waals surface area contributed by atoms with E-state index in [2.05, 4.69) is 25.1 Å². The smallest absolute Gasteiger partial charge is 0.451 e. The van der Waals surface area contributed by atoms with Gasteiger partial charge < -0.3 is 14.8 Å². The van der Waals surface area contributed by atoms with E-state index in [9.17, 15) is 18.0 Å². The lowest BCUT2D eigenvalue weighted by molar-refractivity contribution is -0.145. The molecule has 1 amide bonds. The predicted octanol–water partition coefficient (Wildman–Crippen LogP) is 3.25. The van der Waals surface area contributed by atoms with Gasteiger partial charge in [-0.05, 0) is 26.7 Å². The molecule has 0 bridgehead atoms. The normalized spacial score (nSPS) is 15.9. The second-order valence-corrected chi connectivity index (χ2v) is 6.74. The van der Waals surface area contributed by atoms with Gasteiger partial charge in [0.1, 0.15) is 5.82 Å². The van der Waals surface area contributed by atoms with Gasteiger partial charge in [-0.3, -0.25) is 0 Å². The number of carbonyl (C=O) groups is 1. The van der Waals surface area contributed by atoms with Crippen molar-refractivity contribution >= 4 is 11.8 Å². The molecule has 0 saturated carbocycles. The largest absolute Gasteiger partial charge is 0.465 e. The van der Waals surface area contributed by atoms with E-state index in [-0.39, 0.29) is 11.8 Å². The molecule has 0 aliphatic carbocycles. The fourth-order valence-electron chi connectivity index (χ4n) is 3.12. The van der Waals surface area contributed by atoms with Gasteiger partial charge in [-0.1, -0.05) is 5.16 Å². The Hall–Kier alpha value is -3.31. The molecule has 2 aromatic heterocycles. The van der Waals surface area contributed by atoms with E-state index in [1.807, 2.05) is 0 Å². The summed E-state index contributed by atoms with van der Waals surface area (Å²) in [6, 6.07) is 1.17. The number of aromatic nitrogens is 4. The zero-order valence-electron chi connectivity index (χ0n) is 16.2. The lowest BCUT2D eigenvalue weighted by atomic mass is 9.90. The summed E-state index contributed by atoms with van der Waals surface area (Å²) in [5, 5.41) is 13.0. The van der Waals surface area contributed by atoms with Crippen LogP contribution in [0.15, 0.2) is 23.6 Å². The highest BCUT2D eigenvalue weighted by Crippen LogP contribution is 2.30. The molecule has 0 aromatic carbocycles. The van der Waals surface area contributed by atoms with Crippen molar-refractivity contribution in [3.05, 3.63) is 41.4 Å². The van der Waals surface area contributed by atoms with Gasteiger partial charge in [0.15, 0.2) is 0 Å². The maximum Gasteiger partial charge on any atom is 0.451 e. The van der Waals surface area contributed by atoms with Crippen LogP contribution in [0.4, 0.5) is 18.0 Å². The van der Waals surface area contributed by atoms with E-state index in [0.29, 0.717) is 48.7 Å². The summed E-state index contributed by atoms with van der Waals surface area (Å²) in [7, 11) is 0. The number of likely N-dealkylation sites (tertiary alicyclic amines) is 1. The van der Waals surface area contributed by atoms with E-state index < -0.39 is 18.1 Å². The molecule has 160 valence electrons. The monoisotopic (exact) mass is 424 g/mol. The summed E-state index contributed by atoms with van der Waals surface area (Å²) in [6.07, 6.45) is -1.96. The van der Waals surface area contributed by atoms with E-state index >= 15 is 0 Å². The molecular weight excluding hydrogens is 405 g/mol. The number of aryl methyl sites for hydroxylation is 1. The molecule has 1 aliphatic rings. The van der Waals surface area contributed by atoms with Crippen molar-refractivity contribution < 1.29 is 27.9 Å². The van der Waals surface area contributed by atoms with Crippen LogP contribution in [0.2, 0.25) is 0 Å². The number of amides is 1. The molecule has 1 N–H and O–H groups in total. The molecule has 0 radical (unpaired) electrons. The van der Waals surface area contributed by atoms with Crippen molar-refractivity contribution in [2.24, 2.45) is 5.16 Å². The number of hydrogen-bond acceptors (Lipinski definition) is 7. The number of piperidine rings is 1. The minimum Gasteiger partial charge on any atom is -0.465 e. The fourth-order valence-corrected chi connectivity index (χ4v) is 3.12. The van der Waals surface area contributed by atoms with Gasteiger partial charge >= 0.3 is 12.3 Å². The average molecular weight is 424 g/mol. The predicted molar refractivity (Wildman–Crippen MR) is 98.2 cm³/mol. The Bertz CT molecular complexity index is 958. The number of rotatable bonds is 4. The molecule has 0 spiro atoms. The molecule has 2 aromatic rings. The molecule has 0 atom stereocenters. The second kappa shape index (κ2) is 8.59. The van der Waals surface area contributed by atoms with Gasteiger partial charge in [0, 0.05) is 43.0 Å². The van der Waals surface area contributed by atoms with Gasteiger partial charge in [0.05, 0.1) is 11.4 Å². The highest BCUT2D eigenvalue weighted by molar-refractivity contribution is 5.99. The van der Waals surface area contributed by atoms with Crippen LogP contribution < -0.4 is 4.84 Å². The third-order valence-electron chi connectivity index (χ3n) is 4.64. The SMILES string of the molecule is C/C(=N/Oc1ccnc(C(F)(F)F)n1)c1cnc(C)nc1C1CCN(C(=O)O)CC1. The molecular formula is C18H19F3N6O3. The second-order valence-electron chi connectivity index (χ2n) is 6.74. The van der Waals surface area contributed by atoms with Crippen LogP contribution in [0.1, 0.15) is 48.6 Å². The van der Waals surface area contributed by atoms with E-state index in [4.69, 9.17) is 9.94 Å². The van der Waals surface area contributed by atoms with Crippen LogP contribution in [0.5, 0.6) is 5.88 Å². The van der Waals surface area contributed by atoms with Crippen LogP contribution >= 0.6 is 0 Å². The quantitative estimate of drug-likeness (QED) is 0.592. The summed E-state index contributed by atoms with van der Waals surface area (Å²) in [4.78, 5) is 32.7. The van der Waals surface area contributed by atoms with Crippen LogP contribution in [0.3, 0.4) is 0 Å². The summed E-state index contributed by atoms with van der Waals surface area (Å²) in [5.41, 5.74) is 1.65. The molecule has 1 saturated heterocycles. The topological polar surface area (TPSA) is 114 Å². The van der Waals surface area contributed by atoms with Crippen molar-refractivity contribution in [3.8, 4) is 5.88 Å². The molecule has 1 aliphatic heterocycles. The van der Waals surface area contributed by atoms with Gasteiger partial charge in [-0.15, -0.1) is 0 Å². The minimum atomic E-state index is -4.69. The third kappa shape index (κ3) is 4.99. The molecule has 3 rings (SSSR count). The lowest BCUT2D eigenvalue weighted by Gasteiger charge is -2.30. The van der Waals surface area contributed by atoms with Gasteiger partial charge in [-0.25, -0.2) is 19.7 Å². The first kappa shape index (κ1) is 21.4. The zero-order valence-corrected chi connectivity index (χ0v) is 16.2. The Morgan fingerprint density at radius 3 is 2.60 bits per heavy atom. The van der Waals surface area contributed by atoms with Crippen molar-refractivity contribution in [3.63, 3.8) is 0 Å². The Kier molecular flexibility index (Phi) is 6.13. The summed E-state index contributed by atoms with van der Waals surface area (Å²) in [6.45, 7) is 4.13. The summed E-state index contributed by atoms with van der Waals surface area (Å²) in [5.74, 6) is -1.12. The Balaban J connectivity index is 1.81. The lowest BCUT2D eigenvalue weighted by Crippen LogP contribution is -2.37. The fraction of sp³-hybridized carbons (Fsp3) is 0.444. The highest BCUT2D eigenvalue weighted by atomic mass is 19.4. The molecule has 1 fully saturated rings. The molecule has 0 unspecified atom stereocenters. The molecule has 3 heterocycles. The molecule has 12 heteroatoms. The Morgan fingerprint density at radius 1 is 1.27 bits per heavy atom. The Morgan fingerprint density at radius 2 is 1.97 bits per heavy atom. The van der Waals surface area contributed by atoms with Crippen LogP contribution in [0.25, 0.3) is 0 Å². The van der Waals surface area contributed by atoms with E-state index in [0.717, 1.165) is 6.20 Å². The summed E-state index contributed by atoms with van der Waals surface area (Å²) < 4.78 is 38.2. The van der Waals surface area contributed by atoms with Crippen molar-refractivity contribution in [2.75, 3.05) is 13.1 Å². The zero-order chi connectivity index (χ0) is 21.9. The van der Waals surface area contributed by atoms with Gasteiger partial charge in [0.25, 0.3) is 5.88 Å². The van der Waals surface area contributed by atoms with Crippen LogP contribution in [0, 0.1) is 6.92 Å². The van der Waals surface area contributed by atoms with Crippen LogP contribution in [-0.4, -0.2) is 54.8 Å². The first-order valence-corrected chi connectivity index (χ1v) is 9.08. The van der Waals surface area contributed by atoms with E-state index in [1.165, 1.54) is 11.0 Å². The highest BCUT2D eigenvalue weighted by Gasteiger charge is 2.35. The molecule has 30 heavy (non-hydrogen) atoms. The number of carboxylic acid groups (broad SMARTS) is 1. The number of oxime groups is 1. The first-order valence-electron chi connectivity index (χ1n) is 9.08. The minimum absolute atomic E-state index is 0.00154. The van der Waals surface area contributed by atoms with Crippen molar-refractivity contribution in [1.29, 1.82) is 0 Å². The summed E-state index contributed by atoms with van der Waals surface area (Å²) >= 11 is 0. The maximum atomic E-state index is 12.7. The number of alkyl halides is 3. The van der Waals surface area contributed by atoms with Gasteiger partial charge in [-0.2, -0.15) is 18.2 Å². The molecule has 9 nitrogen and oxygen atoms in total. The van der Waals surface area contributed by atoms with Gasteiger partial charge in [0.2, 0.25) is 5.82 Å². The standard InChI is InChI=1S/C18H19F3N6O3/c1-10(26-30-14-3-6-22-16(25-14)18(19,20)21)13-9-23-11(2)24-15(13)12-4-7-27(8-5-12)17(28)29/h3,6,9,12H,4-5,7-8H2,1-2H3,(H,28,29)/b26-10-. The van der Waals surface area contributed by atoms with E-state index in [1.54, 1.807) is 20.0 Å². The van der Waals surface area contributed by atoms with Crippen molar-refractivity contribution in [2.45, 2.75) is 38.8 Å². The number of hydrogen-bond donors (Lipinski definition) is 1. The number of nitrogens with zero attached hydrogens (tertiary/aromatic N) is 6. The third-order valence-corrected chi connectivity index (χ3v) is 4.64. The average Bonchev–Trinajstić information content (AvgIpc) is 2.71. The Labute approximate surface area is 169 Å².